The molecule has 1 unspecified atom stereocenters. The minimum atomic E-state index is -3.72. The number of amides is 1. The quantitative estimate of drug-likeness (QED) is 0.596. The normalized spacial score (nSPS) is 20.2. The number of carbonyl (C=O) groups excluding carboxylic acids is 1. The average Bonchev–Trinajstić information content (AvgIpc) is 2.84. The average molecular weight is 500 g/mol. The summed E-state index contributed by atoms with van der Waals surface area (Å²) in [4.78, 5) is 19.9. The maximum Gasteiger partial charge on any atom is 0.282 e. The lowest BCUT2D eigenvalue weighted by Gasteiger charge is -2.38. The van der Waals surface area contributed by atoms with Crippen LogP contribution in [0.4, 0.5) is 5.69 Å². The van der Waals surface area contributed by atoms with E-state index < -0.39 is 16.1 Å². The zero-order valence-electron chi connectivity index (χ0n) is 18.8. The monoisotopic (exact) mass is 499 g/mol. The predicted octanol–water partition coefficient (Wildman–Crippen LogP) is 2.92. The molecule has 34 heavy (non-hydrogen) atoms. The number of carbonyl (C=O) groups is 1. The van der Waals surface area contributed by atoms with E-state index in [0.29, 0.717) is 36.9 Å². The molecule has 3 heterocycles. The first kappa shape index (κ1) is 23.2. The zero-order valence-corrected chi connectivity index (χ0v) is 20.4. The number of rotatable bonds is 4. The summed E-state index contributed by atoms with van der Waals surface area (Å²) in [6.45, 7) is 2.48. The minimum Gasteiger partial charge on any atom is -0.324 e. The molecule has 0 aliphatic carbocycles. The van der Waals surface area contributed by atoms with Gasteiger partial charge in [0.2, 0.25) is 5.91 Å². The summed E-state index contributed by atoms with van der Waals surface area (Å²) in [5.74, 6) is -0.997. The van der Waals surface area contributed by atoms with Crippen LogP contribution in [0.2, 0.25) is 5.02 Å². The Morgan fingerprint density at radius 3 is 2.62 bits per heavy atom. The third kappa shape index (κ3) is 4.42. The number of likely N-dealkylation sites (N-methyl/N-ethyl adjacent to an activating group) is 1. The van der Waals surface area contributed by atoms with E-state index in [0.717, 1.165) is 21.9 Å². The second-order valence-electron chi connectivity index (χ2n) is 8.80. The summed E-state index contributed by atoms with van der Waals surface area (Å²) in [7, 11) is -1.74. The second-order valence-corrected chi connectivity index (χ2v) is 11.2. The number of hydrogen-bond acceptors (Lipinski definition) is 5. The molecule has 1 saturated heterocycles. The van der Waals surface area contributed by atoms with Crippen LogP contribution in [0.15, 0.2) is 54.9 Å². The van der Waals surface area contributed by atoms with Gasteiger partial charge in [0.05, 0.1) is 17.8 Å². The minimum absolute atomic E-state index is 0.0477. The number of piperazine rings is 1. The zero-order chi connectivity index (χ0) is 23.9. The number of aromatic nitrogens is 1. The molecule has 0 bridgehead atoms. The van der Waals surface area contributed by atoms with Crippen molar-refractivity contribution < 1.29 is 13.2 Å². The van der Waals surface area contributed by atoms with E-state index in [1.54, 1.807) is 24.5 Å². The van der Waals surface area contributed by atoms with Crippen LogP contribution in [0.1, 0.15) is 17.0 Å². The molecule has 8 nitrogen and oxygen atoms in total. The maximum atomic E-state index is 13.6. The Hall–Kier alpha value is -2.56. The summed E-state index contributed by atoms with van der Waals surface area (Å²) in [5.41, 5.74) is 2.12. The fraction of sp³-hybridized carbons (Fsp3) is 0.333. The molecule has 10 heteroatoms. The SMILES string of the molecule is CN1CCN(S(=O)(=O)N2Cc3ccc(Cl)cc3C(C(=O)Nc3cncc4ccccc34)C2)CC1. The lowest BCUT2D eigenvalue weighted by Crippen LogP contribution is -2.54. The highest BCUT2D eigenvalue weighted by molar-refractivity contribution is 7.86. The van der Waals surface area contributed by atoms with Crippen LogP contribution < -0.4 is 5.32 Å². The van der Waals surface area contributed by atoms with E-state index in [9.17, 15) is 13.2 Å². The lowest BCUT2D eigenvalue weighted by atomic mass is 9.90. The highest BCUT2D eigenvalue weighted by Crippen LogP contribution is 2.34. The molecule has 3 aromatic rings. The molecule has 5 rings (SSSR count). The van der Waals surface area contributed by atoms with Crippen LogP contribution >= 0.6 is 11.6 Å². The van der Waals surface area contributed by atoms with Gasteiger partial charge >= 0.3 is 0 Å². The lowest BCUT2D eigenvalue weighted by molar-refractivity contribution is -0.118. The Labute approximate surface area is 204 Å². The van der Waals surface area contributed by atoms with Gasteiger partial charge in [-0.05, 0) is 30.3 Å². The van der Waals surface area contributed by atoms with Gasteiger partial charge in [0.1, 0.15) is 0 Å². The summed E-state index contributed by atoms with van der Waals surface area (Å²) in [6.07, 6.45) is 3.35. The molecular formula is C24H26ClN5O3S. The number of fused-ring (bicyclic) bond motifs is 2. The van der Waals surface area contributed by atoms with Gasteiger partial charge in [-0.3, -0.25) is 9.78 Å². The fourth-order valence-electron chi connectivity index (χ4n) is 4.61. The van der Waals surface area contributed by atoms with Gasteiger partial charge in [-0.25, -0.2) is 0 Å². The maximum absolute atomic E-state index is 13.6. The first-order valence-corrected chi connectivity index (χ1v) is 13.0. The summed E-state index contributed by atoms with van der Waals surface area (Å²) in [6, 6.07) is 13.0. The van der Waals surface area contributed by atoms with Crippen molar-refractivity contribution in [2.45, 2.75) is 12.5 Å². The van der Waals surface area contributed by atoms with Crippen LogP contribution in [0, 0.1) is 0 Å². The second kappa shape index (κ2) is 9.24. The first-order valence-electron chi connectivity index (χ1n) is 11.2. The Balaban J connectivity index is 1.47. The van der Waals surface area contributed by atoms with Gasteiger partial charge in [-0.1, -0.05) is 41.9 Å². The number of anilines is 1. The topological polar surface area (TPSA) is 85.9 Å². The van der Waals surface area contributed by atoms with E-state index in [1.165, 1.54) is 8.61 Å². The first-order chi connectivity index (χ1) is 16.3. The van der Waals surface area contributed by atoms with Crippen LogP contribution in [0.3, 0.4) is 0 Å². The van der Waals surface area contributed by atoms with E-state index in [4.69, 9.17) is 11.6 Å². The van der Waals surface area contributed by atoms with Gasteiger partial charge < -0.3 is 10.2 Å². The Morgan fingerprint density at radius 2 is 1.82 bits per heavy atom. The summed E-state index contributed by atoms with van der Waals surface area (Å²) < 4.78 is 29.9. The Kier molecular flexibility index (Phi) is 6.30. The number of nitrogens with zero attached hydrogens (tertiary/aromatic N) is 4. The molecule has 1 amide bonds. The Morgan fingerprint density at radius 1 is 1.06 bits per heavy atom. The molecule has 2 aliphatic rings. The molecule has 0 radical (unpaired) electrons. The number of nitrogens with one attached hydrogen (secondary N) is 1. The van der Waals surface area contributed by atoms with Crippen molar-refractivity contribution in [1.82, 2.24) is 18.5 Å². The molecule has 0 saturated carbocycles. The molecular weight excluding hydrogens is 474 g/mol. The van der Waals surface area contributed by atoms with Crippen molar-refractivity contribution >= 4 is 44.2 Å². The third-order valence-corrected chi connectivity index (χ3v) is 8.76. The van der Waals surface area contributed by atoms with Crippen molar-refractivity contribution in [3.05, 3.63) is 71.0 Å². The van der Waals surface area contributed by atoms with Crippen LogP contribution in [0.25, 0.3) is 10.8 Å². The van der Waals surface area contributed by atoms with Gasteiger partial charge in [-0.2, -0.15) is 17.0 Å². The molecule has 2 aliphatic heterocycles. The van der Waals surface area contributed by atoms with Gasteiger partial charge in [0.15, 0.2) is 0 Å². The van der Waals surface area contributed by atoms with Crippen LogP contribution in [0.5, 0.6) is 0 Å². The fourth-order valence-corrected chi connectivity index (χ4v) is 6.38. The molecule has 2 aromatic carbocycles. The standard InChI is InChI=1S/C24H26ClN5O3S/c1-28-8-10-29(11-9-28)34(32,33)30-15-18-6-7-19(25)12-21(18)22(16-30)24(31)27-23-14-26-13-17-4-2-3-5-20(17)23/h2-7,12-14,22H,8-11,15-16H2,1H3,(H,27,31). The number of pyridine rings is 1. The molecule has 1 aromatic heterocycles. The van der Waals surface area contributed by atoms with E-state index in [-0.39, 0.29) is 19.0 Å². The number of halogens is 1. The van der Waals surface area contributed by atoms with Gasteiger partial charge in [0.25, 0.3) is 10.2 Å². The van der Waals surface area contributed by atoms with E-state index in [1.807, 2.05) is 37.4 Å². The van der Waals surface area contributed by atoms with Crippen molar-refractivity contribution in [3.63, 3.8) is 0 Å². The molecule has 1 N–H and O–H groups in total. The van der Waals surface area contributed by atoms with E-state index in [2.05, 4.69) is 15.2 Å². The van der Waals surface area contributed by atoms with Crippen LogP contribution in [-0.2, 0) is 21.5 Å². The summed E-state index contributed by atoms with van der Waals surface area (Å²) in [5, 5.41) is 5.28. The number of hydrogen-bond donors (Lipinski definition) is 1. The molecule has 1 fully saturated rings. The molecule has 1 atom stereocenters. The largest absolute Gasteiger partial charge is 0.324 e. The van der Waals surface area contributed by atoms with E-state index >= 15 is 0 Å². The van der Waals surface area contributed by atoms with Crippen molar-refractivity contribution in [2.75, 3.05) is 45.1 Å². The highest BCUT2D eigenvalue weighted by atomic mass is 35.5. The molecule has 0 spiro atoms. The predicted molar refractivity (Wildman–Crippen MR) is 133 cm³/mol. The third-order valence-electron chi connectivity index (χ3n) is 6.57. The smallest absolute Gasteiger partial charge is 0.282 e. The van der Waals surface area contributed by atoms with Crippen molar-refractivity contribution in [1.29, 1.82) is 0 Å². The summed E-state index contributed by atoms with van der Waals surface area (Å²) >= 11 is 6.26. The van der Waals surface area contributed by atoms with Crippen molar-refractivity contribution in [3.8, 4) is 0 Å². The van der Waals surface area contributed by atoms with Crippen LogP contribution in [-0.4, -0.2) is 72.6 Å². The number of benzene rings is 2. The van der Waals surface area contributed by atoms with Gasteiger partial charge in [0, 0.05) is 61.3 Å². The van der Waals surface area contributed by atoms with Gasteiger partial charge in [-0.15, -0.1) is 0 Å². The highest BCUT2D eigenvalue weighted by Gasteiger charge is 2.39. The molecule has 178 valence electrons. The van der Waals surface area contributed by atoms with Crippen molar-refractivity contribution in [2.24, 2.45) is 0 Å². The Bertz CT molecular complexity index is 1340.